The van der Waals surface area contributed by atoms with Gasteiger partial charge in [-0.1, -0.05) is 0 Å². The van der Waals surface area contributed by atoms with Crippen molar-refractivity contribution < 1.29 is 22.7 Å². The van der Waals surface area contributed by atoms with Gasteiger partial charge >= 0.3 is 0 Å². The van der Waals surface area contributed by atoms with Crippen molar-refractivity contribution in [3.63, 3.8) is 0 Å². The van der Waals surface area contributed by atoms with Crippen LogP contribution in [0.1, 0.15) is 27.7 Å². The molecule has 0 atom stereocenters. The van der Waals surface area contributed by atoms with Crippen molar-refractivity contribution in [1.82, 2.24) is 5.32 Å². The van der Waals surface area contributed by atoms with Crippen molar-refractivity contribution in [1.29, 1.82) is 0 Å². The van der Waals surface area contributed by atoms with Crippen LogP contribution in [-0.2, 0) is 27.8 Å². The molecule has 0 spiro atoms. The lowest BCUT2D eigenvalue weighted by Gasteiger charge is -2.10. The van der Waals surface area contributed by atoms with Gasteiger partial charge in [0, 0.05) is 16.0 Å². The Bertz CT molecular complexity index is 903. The van der Waals surface area contributed by atoms with E-state index in [0.29, 0.717) is 21.8 Å². The lowest BCUT2D eigenvalue weighted by Crippen LogP contribution is -2.24. The Kier molecular flexibility index (Phi) is 5.93. The van der Waals surface area contributed by atoms with Crippen LogP contribution >= 0.6 is 11.3 Å². The van der Waals surface area contributed by atoms with Crippen molar-refractivity contribution in [3.8, 4) is 5.75 Å². The zero-order valence-electron chi connectivity index (χ0n) is 13.7. The molecule has 0 radical (unpaired) electrons. The number of sulfonamides is 1. The van der Waals surface area contributed by atoms with Crippen LogP contribution < -0.4 is 15.2 Å². The van der Waals surface area contributed by atoms with Gasteiger partial charge in [0.25, 0.3) is 0 Å². The van der Waals surface area contributed by atoms with Gasteiger partial charge in [0.1, 0.15) is 9.96 Å². The maximum atomic E-state index is 12.1. The Morgan fingerprint density at radius 1 is 1.24 bits per heavy atom. The first kappa shape index (κ1) is 19.1. The average Bonchev–Trinajstić information content (AvgIpc) is 3.02. The number of rotatable bonds is 7. The van der Waals surface area contributed by atoms with Gasteiger partial charge in [-0.05, 0) is 37.3 Å². The summed E-state index contributed by atoms with van der Waals surface area (Å²) in [6.07, 6.45) is 0.0394. The molecule has 0 aliphatic rings. The number of primary sulfonamides is 1. The zero-order chi connectivity index (χ0) is 18.6. The van der Waals surface area contributed by atoms with E-state index in [2.05, 4.69) is 5.32 Å². The summed E-state index contributed by atoms with van der Waals surface area (Å²) in [5.74, 6) is 0.149. The number of ether oxygens (including phenoxy) is 1. The standard InChI is InChI=1S/C16H18N2O5S2/c1-10(19)11-3-5-14(23-2)12(7-11)8-15(20)18-9-13-4-6-16(24-13)25(17,21)22/h3-7H,8-9H2,1-2H3,(H,18,20)(H2,17,21,22). The molecule has 2 rings (SSSR count). The number of benzene rings is 1. The molecular weight excluding hydrogens is 364 g/mol. The Morgan fingerprint density at radius 3 is 2.52 bits per heavy atom. The molecule has 7 nitrogen and oxygen atoms in total. The monoisotopic (exact) mass is 382 g/mol. The summed E-state index contributed by atoms with van der Waals surface area (Å²) in [7, 11) is -2.24. The fraction of sp³-hybridized carbons (Fsp3) is 0.250. The Balaban J connectivity index is 2.04. The van der Waals surface area contributed by atoms with Crippen LogP contribution in [0.4, 0.5) is 0 Å². The fourth-order valence-electron chi connectivity index (χ4n) is 2.16. The molecule has 0 saturated carbocycles. The molecule has 1 amide bonds. The van der Waals surface area contributed by atoms with Gasteiger partial charge in [-0.25, -0.2) is 13.6 Å². The number of ketones is 1. The van der Waals surface area contributed by atoms with E-state index in [0.717, 1.165) is 11.3 Å². The highest BCUT2D eigenvalue weighted by molar-refractivity contribution is 7.91. The Labute approximate surface area is 149 Å². The van der Waals surface area contributed by atoms with Gasteiger partial charge in [0.2, 0.25) is 15.9 Å². The third-order valence-electron chi connectivity index (χ3n) is 3.42. The molecular formula is C16H18N2O5S2. The fourth-order valence-corrected chi connectivity index (χ4v) is 3.88. The molecule has 25 heavy (non-hydrogen) atoms. The lowest BCUT2D eigenvalue weighted by molar-refractivity contribution is -0.120. The molecule has 2 aromatic rings. The molecule has 0 bridgehead atoms. The zero-order valence-corrected chi connectivity index (χ0v) is 15.4. The molecule has 3 N–H and O–H groups in total. The number of nitrogens with one attached hydrogen (secondary N) is 1. The molecule has 1 aromatic heterocycles. The average molecular weight is 382 g/mol. The van der Waals surface area contributed by atoms with Gasteiger partial charge in [-0.15, -0.1) is 11.3 Å². The van der Waals surface area contributed by atoms with Crippen LogP contribution in [0.2, 0.25) is 0 Å². The van der Waals surface area contributed by atoms with E-state index in [1.54, 1.807) is 24.3 Å². The van der Waals surface area contributed by atoms with Gasteiger partial charge in [0.15, 0.2) is 5.78 Å². The van der Waals surface area contributed by atoms with Crippen molar-refractivity contribution >= 4 is 33.1 Å². The van der Waals surface area contributed by atoms with E-state index in [9.17, 15) is 18.0 Å². The van der Waals surface area contributed by atoms with E-state index >= 15 is 0 Å². The number of carbonyl (C=O) groups is 2. The summed E-state index contributed by atoms with van der Waals surface area (Å²) in [5.41, 5.74) is 1.10. The third kappa shape index (κ3) is 5.12. The van der Waals surface area contributed by atoms with Crippen LogP contribution in [-0.4, -0.2) is 27.2 Å². The molecule has 1 heterocycles. The van der Waals surface area contributed by atoms with Crippen LogP contribution in [0.5, 0.6) is 5.75 Å². The van der Waals surface area contributed by atoms with Crippen LogP contribution in [0.3, 0.4) is 0 Å². The van der Waals surface area contributed by atoms with E-state index in [-0.39, 0.29) is 28.9 Å². The van der Waals surface area contributed by atoms with E-state index in [1.807, 2.05) is 0 Å². The van der Waals surface area contributed by atoms with Gasteiger partial charge in [-0.3, -0.25) is 9.59 Å². The molecule has 0 aliphatic carbocycles. The molecule has 0 unspecified atom stereocenters. The van der Waals surface area contributed by atoms with Gasteiger partial charge < -0.3 is 10.1 Å². The third-order valence-corrected chi connectivity index (χ3v) is 5.94. The normalized spacial score (nSPS) is 11.2. The Hall–Kier alpha value is -2.23. The van der Waals surface area contributed by atoms with Crippen molar-refractivity contribution in [3.05, 3.63) is 46.3 Å². The van der Waals surface area contributed by atoms with Crippen molar-refractivity contribution in [2.75, 3.05) is 7.11 Å². The quantitative estimate of drug-likeness (QED) is 0.704. The van der Waals surface area contributed by atoms with E-state index < -0.39 is 10.0 Å². The summed E-state index contributed by atoms with van der Waals surface area (Å²) in [5, 5.41) is 7.76. The number of methoxy groups -OCH3 is 1. The first-order chi connectivity index (χ1) is 11.7. The highest BCUT2D eigenvalue weighted by Crippen LogP contribution is 2.22. The molecule has 0 saturated heterocycles. The molecule has 0 aliphatic heterocycles. The number of amides is 1. The van der Waals surface area contributed by atoms with Gasteiger partial charge in [0.05, 0.1) is 20.1 Å². The number of Topliss-reactive ketones (excluding diaryl/α,β-unsaturated/α-hetero) is 1. The summed E-state index contributed by atoms with van der Waals surface area (Å²) in [6, 6.07) is 7.92. The van der Waals surface area contributed by atoms with Crippen LogP contribution in [0.15, 0.2) is 34.5 Å². The largest absolute Gasteiger partial charge is 0.496 e. The second-order valence-corrected chi connectivity index (χ2v) is 8.26. The SMILES string of the molecule is COc1ccc(C(C)=O)cc1CC(=O)NCc1ccc(S(N)(=O)=O)s1. The number of carbonyl (C=O) groups excluding carboxylic acids is 2. The number of nitrogens with two attached hydrogens (primary N) is 1. The summed E-state index contributed by atoms with van der Waals surface area (Å²) in [4.78, 5) is 24.3. The first-order valence-corrected chi connectivity index (χ1v) is 9.63. The number of hydrogen-bond acceptors (Lipinski definition) is 6. The van der Waals surface area contributed by atoms with E-state index in [1.165, 1.54) is 20.1 Å². The van der Waals surface area contributed by atoms with E-state index in [4.69, 9.17) is 9.88 Å². The minimum absolute atomic E-state index is 0.0394. The van der Waals surface area contributed by atoms with Crippen molar-refractivity contribution in [2.24, 2.45) is 5.14 Å². The minimum Gasteiger partial charge on any atom is -0.496 e. The maximum absolute atomic E-state index is 12.1. The summed E-state index contributed by atoms with van der Waals surface area (Å²) in [6.45, 7) is 1.64. The Morgan fingerprint density at radius 2 is 1.96 bits per heavy atom. The predicted molar refractivity (Wildman–Crippen MR) is 94.2 cm³/mol. The first-order valence-electron chi connectivity index (χ1n) is 7.26. The highest BCUT2D eigenvalue weighted by Gasteiger charge is 2.14. The minimum atomic E-state index is -3.73. The summed E-state index contributed by atoms with van der Waals surface area (Å²) >= 11 is 1.01. The van der Waals surface area contributed by atoms with Crippen LogP contribution in [0.25, 0.3) is 0 Å². The highest BCUT2D eigenvalue weighted by atomic mass is 32.2. The van der Waals surface area contributed by atoms with Crippen molar-refractivity contribution in [2.45, 2.75) is 24.1 Å². The maximum Gasteiger partial charge on any atom is 0.247 e. The smallest absolute Gasteiger partial charge is 0.247 e. The number of thiophene rings is 1. The lowest BCUT2D eigenvalue weighted by atomic mass is 10.0. The molecule has 134 valence electrons. The topological polar surface area (TPSA) is 116 Å². The van der Waals surface area contributed by atoms with Gasteiger partial charge in [-0.2, -0.15) is 0 Å². The number of hydrogen-bond donors (Lipinski definition) is 2. The van der Waals surface area contributed by atoms with Crippen LogP contribution in [0, 0.1) is 0 Å². The second kappa shape index (κ2) is 7.77. The summed E-state index contributed by atoms with van der Waals surface area (Å²) < 4.78 is 27.7. The molecule has 9 heteroatoms. The molecule has 1 aromatic carbocycles. The predicted octanol–water partition coefficient (Wildman–Crippen LogP) is 1.47. The molecule has 0 fully saturated rings. The second-order valence-electron chi connectivity index (χ2n) is 5.30.